The summed E-state index contributed by atoms with van der Waals surface area (Å²) in [4.78, 5) is 32.9. The Morgan fingerprint density at radius 2 is 1.20 bits per heavy atom. The lowest BCUT2D eigenvalue weighted by Gasteiger charge is -2.56. The highest BCUT2D eigenvalue weighted by Crippen LogP contribution is 2.58. The second-order valence-electron chi connectivity index (χ2n) is 10.4. The third-order valence-corrected chi connectivity index (χ3v) is 8.92. The molecular weight excluding hydrogens is 516 g/mol. The van der Waals surface area contributed by atoms with E-state index in [1.54, 1.807) is 47.6 Å². The minimum absolute atomic E-state index is 0.115. The number of benzene rings is 2. The predicted octanol–water partition coefficient (Wildman–Crippen LogP) is 3.81. The normalized spacial score (nSPS) is 23.2. The summed E-state index contributed by atoms with van der Waals surface area (Å²) in [5.74, 6) is 2.76. The van der Waals surface area contributed by atoms with Gasteiger partial charge in [-0.1, -0.05) is 6.92 Å². The monoisotopic (exact) mass is 554 g/mol. The first-order chi connectivity index (χ1) is 19.2. The lowest BCUT2D eigenvalue weighted by Crippen LogP contribution is -2.68. The lowest BCUT2D eigenvalue weighted by atomic mass is 9.72. The predicted molar refractivity (Wildman–Crippen MR) is 148 cm³/mol. The van der Waals surface area contributed by atoms with E-state index in [0.717, 1.165) is 16.7 Å². The molecular formula is C30H38N2O8. The van der Waals surface area contributed by atoms with Crippen LogP contribution < -0.4 is 28.4 Å². The summed E-state index contributed by atoms with van der Waals surface area (Å²) in [6.07, 6.45) is 0.964. The maximum Gasteiger partial charge on any atom is 0.241 e. The van der Waals surface area contributed by atoms with Crippen LogP contribution >= 0.6 is 0 Å². The standard InChI is InChI=1S/C30H38N2O8/c1-11-16-19-20(25(36-6)14(3)27(38-8)29(19)40-10)23(33)22-21-18-15(12-17(31(21)4)30(34)32(16)22)24(35-5)13(2)26(37-7)28(18)39-9/h16-17,21-22H,11-12H2,1-10H3/t16-,17?,21?,22?/m0/s1. The Labute approximate surface area is 235 Å². The largest absolute Gasteiger partial charge is 0.496 e. The topological polar surface area (TPSA) is 96.0 Å². The summed E-state index contributed by atoms with van der Waals surface area (Å²) in [7, 11) is 11.3. The summed E-state index contributed by atoms with van der Waals surface area (Å²) in [5, 5.41) is 0. The van der Waals surface area contributed by atoms with E-state index in [2.05, 4.69) is 0 Å². The number of Topliss-reactive ketones (excluding diaryl/α,β-unsaturated/α-hetero) is 1. The number of hydrogen-bond donors (Lipinski definition) is 0. The van der Waals surface area contributed by atoms with E-state index in [1.807, 2.05) is 32.7 Å². The summed E-state index contributed by atoms with van der Waals surface area (Å²) in [6, 6.07) is -2.30. The molecule has 1 fully saturated rings. The van der Waals surface area contributed by atoms with Gasteiger partial charge in [-0.05, 0) is 27.3 Å². The summed E-state index contributed by atoms with van der Waals surface area (Å²) >= 11 is 0. The molecule has 0 spiro atoms. The number of fused-ring (bicyclic) bond motifs is 7. The first-order valence-corrected chi connectivity index (χ1v) is 13.4. The molecule has 2 bridgehead atoms. The average molecular weight is 555 g/mol. The van der Waals surface area contributed by atoms with Crippen molar-refractivity contribution in [3.8, 4) is 34.5 Å². The summed E-state index contributed by atoms with van der Waals surface area (Å²) in [5.41, 5.74) is 4.14. The number of likely N-dealkylation sites (N-methyl/N-ethyl adjacent to an activating group) is 1. The number of amides is 1. The van der Waals surface area contributed by atoms with E-state index in [9.17, 15) is 9.59 Å². The third-order valence-electron chi connectivity index (χ3n) is 8.92. The van der Waals surface area contributed by atoms with Crippen LogP contribution in [0.15, 0.2) is 0 Å². The van der Waals surface area contributed by atoms with E-state index >= 15 is 0 Å². The molecule has 3 heterocycles. The highest BCUT2D eigenvalue weighted by Gasteiger charge is 2.59. The van der Waals surface area contributed by atoms with Crippen LogP contribution in [-0.2, 0) is 11.2 Å². The zero-order valence-corrected chi connectivity index (χ0v) is 24.9. The van der Waals surface area contributed by atoms with Crippen molar-refractivity contribution in [1.29, 1.82) is 0 Å². The molecule has 3 aliphatic heterocycles. The number of carbonyl (C=O) groups excluding carboxylic acids is 2. The molecule has 4 atom stereocenters. The van der Waals surface area contributed by atoms with E-state index in [1.165, 1.54) is 0 Å². The summed E-state index contributed by atoms with van der Waals surface area (Å²) < 4.78 is 35.1. The highest BCUT2D eigenvalue weighted by molar-refractivity contribution is 6.10. The number of carbonyl (C=O) groups is 2. The van der Waals surface area contributed by atoms with Crippen LogP contribution in [0, 0.1) is 13.8 Å². The minimum atomic E-state index is -0.845. The molecule has 10 heteroatoms. The second kappa shape index (κ2) is 10.1. The minimum Gasteiger partial charge on any atom is -0.496 e. The Balaban J connectivity index is 1.88. The first-order valence-electron chi connectivity index (χ1n) is 13.4. The second-order valence-corrected chi connectivity index (χ2v) is 10.4. The number of rotatable bonds is 7. The van der Waals surface area contributed by atoms with Crippen LogP contribution in [0.1, 0.15) is 63.6 Å². The van der Waals surface area contributed by atoms with Gasteiger partial charge in [-0.2, -0.15) is 0 Å². The van der Waals surface area contributed by atoms with Crippen LogP contribution in [0.2, 0.25) is 0 Å². The van der Waals surface area contributed by atoms with Crippen LogP contribution in [0.3, 0.4) is 0 Å². The van der Waals surface area contributed by atoms with Crippen LogP contribution in [0.5, 0.6) is 34.5 Å². The van der Waals surface area contributed by atoms with Crippen molar-refractivity contribution in [3.05, 3.63) is 33.4 Å². The molecule has 2 aromatic carbocycles. The van der Waals surface area contributed by atoms with Gasteiger partial charge in [0, 0.05) is 34.2 Å². The molecule has 3 unspecified atom stereocenters. The van der Waals surface area contributed by atoms with E-state index < -0.39 is 24.2 Å². The molecule has 40 heavy (non-hydrogen) atoms. The van der Waals surface area contributed by atoms with Gasteiger partial charge in [-0.15, -0.1) is 0 Å². The molecule has 5 rings (SSSR count). The fourth-order valence-electron chi connectivity index (χ4n) is 7.35. The van der Waals surface area contributed by atoms with Gasteiger partial charge in [0.1, 0.15) is 17.5 Å². The Kier molecular flexibility index (Phi) is 7.02. The fraction of sp³-hybridized carbons (Fsp3) is 0.533. The number of nitrogens with zero attached hydrogens (tertiary/aromatic N) is 2. The van der Waals surface area contributed by atoms with Crippen LogP contribution in [-0.4, -0.2) is 83.3 Å². The van der Waals surface area contributed by atoms with Gasteiger partial charge >= 0.3 is 0 Å². The van der Waals surface area contributed by atoms with Gasteiger partial charge in [-0.3, -0.25) is 14.5 Å². The van der Waals surface area contributed by atoms with Crippen molar-refractivity contribution in [2.75, 3.05) is 49.7 Å². The van der Waals surface area contributed by atoms with Crippen molar-refractivity contribution < 1.29 is 38.0 Å². The molecule has 216 valence electrons. The molecule has 0 aromatic heterocycles. The van der Waals surface area contributed by atoms with Crippen LogP contribution in [0.4, 0.5) is 0 Å². The molecule has 0 N–H and O–H groups in total. The molecule has 0 radical (unpaired) electrons. The number of ketones is 1. The fourth-order valence-corrected chi connectivity index (χ4v) is 7.35. The van der Waals surface area contributed by atoms with Crippen molar-refractivity contribution in [2.24, 2.45) is 0 Å². The molecule has 1 amide bonds. The molecule has 1 saturated heterocycles. The Morgan fingerprint density at radius 1 is 0.700 bits per heavy atom. The number of hydrogen-bond acceptors (Lipinski definition) is 9. The van der Waals surface area contributed by atoms with Crippen LogP contribution in [0.25, 0.3) is 0 Å². The van der Waals surface area contributed by atoms with Crippen molar-refractivity contribution in [2.45, 2.75) is 57.8 Å². The Bertz CT molecular complexity index is 1400. The van der Waals surface area contributed by atoms with Crippen molar-refractivity contribution in [3.63, 3.8) is 0 Å². The van der Waals surface area contributed by atoms with E-state index in [4.69, 9.17) is 28.4 Å². The third kappa shape index (κ3) is 3.38. The number of piperazine rings is 1. The van der Waals surface area contributed by atoms with Gasteiger partial charge < -0.3 is 33.3 Å². The molecule has 0 saturated carbocycles. The Hall–Kier alpha value is -3.66. The molecule has 2 aromatic rings. The van der Waals surface area contributed by atoms with Gasteiger partial charge in [0.15, 0.2) is 28.8 Å². The van der Waals surface area contributed by atoms with Gasteiger partial charge in [0.2, 0.25) is 5.91 Å². The lowest BCUT2D eigenvalue weighted by molar-refractivity contribution is -0.153. The molecule has 0 aliphatic carbocycles. The Morgan fingerprint density at radius 3 is 1.70 bits per heavy atom. The van der Waals surface area contributed by atoms with Gasteiger partial charge in [0.05, 0.1) is 66.3 Å². The smallest absolute Gasteiger partial charge is 0.241 e. The van der Waals surface area contributed by atoms with E-state index in [-0.39, 0.29) is 11.7 Å². The van der Waals surface area contributed by atoms with Crippen molar-refractivity contribution in [1.82, 2.24) is 9.80 Å². The van der Waals surface area contributed by atoms with E-state index in [0.29, 0.717) is 64.0 Å². The van der Waals surface area contributed by atoms with Crippen molar-refractivity contribution >= 4 is 11.7 Å². The highest BCUT2D eigenvalue weighted by atomic mass is 16.5. The number of methoxy groups -OCH3 is 6. The van der Waals surface area contributed by atoms with Gasteiger partial charge in [0.25, 0.3) is 0 Å². The summed E-state index contributed by atoms with van der Waals surface area (Å²) in [6.45, 7) is 5.75. The van der Waals surface area contributed by atoms with Gasteiger partial charge in [-0.25, -0.2) is 0 Å². The zero-order valence-electron chi connectivity index (χ0n) is 24.9. The first kappa shape index (κ1) is 27.9. The molecule has 10 nitrogen and oxygen atoms in total. The maximum atomic E-state index is 14.8. The quantitative estimate of drug-likeness (QED) is 0.506. The SMILES string of the molecule is CC[C@H]1c2c(OC)c(OC)c(C)c(OC)c2C(=O)C2C3c4c(c(OC)c(C)c(OC)c4OC)CC(C(=O)N21)N3C. The maximum absolute atomic E-state index is 14.8. The number of ether oxygens (including phenoxy) is 6. The molecule has 3 aliphatic rings. The average Bonchev–Trinajstić information content (AvgIpc) is 2.95. The zero-order chi connectivity index (χ0) is 29.2.